The largest absolute Gasteiger partial charge is 0.464 e. The molecule has 2 heterocycles. The summed E-state index contributed by atoms with van der Waals surface area (Å²) < 4.78 is 6.95. The number of likely N-dealkylation sites (tertiary alicyclic amines) is 1. The van der Waals surface area contributed by atoms with E-state index in [2.05, 4.69) is 0 Å². The van der Waals surface area contributed by atoms with E-state index in [9.17, 15) is 14.7 Å². The zero-order valence-corrected chi connectivity index (χ0v) is 14.7. The highest BCUT2D eigenvalue weighted by molar-refractivity contribution is 5.89. The van der Waals surface area contributed by atoms with Crippen LogP contribution in [0.5, 0.6) is 0 Å². The number of aromatic nitrogens is 1. The average molecular weight is 344 g/mol. The molecule has 1 aromatic carbocycles. The lowest BCUT2D eigenvalue weighted by Gasteiger charge is -2.36. The van der Waals surface area contributed by atoms with Gasteiger partial charge in [0.05, 0.1) is 13.0 Å². The van der Waals surface area contributed by atoms with E-state index in [0.29, 0.717) is 19.5 Å². The number of aliphatic hydroxyl groups is 1. The number of carbonyl (C=O) groups excluding carboxylic acids is 2. The highest BCUT2D eigenvalue weighted by Crippen LogP contribution is 2.26. The molecule has 6 heteroatoms. The first kappa shape index (κ1) is 17.5. The number of benzene rings is 1. The smallest absolute Gasteiger partial charge is 0.338 e. The monoisotopic (exact) mass is 344 g/mol. The van der Waals surface area contributed by atoms with Gasteiger partial charge in [-0.05, 0) is 18.6 Å². The van der Waals surface area contributed by atoms with E-state index in [1.54, 1.807) is 11.8 Å². The minimum absolute atomic E-state index is 0.0160. The summed E-state index contributed by atoms with van der Waals surface area (Å²) in [4.78, 5) is 26.2. The van der Waals surface area contributed by atoms with Crippen LogP contribution in [-0.4, -0.2) is 51.7 Å². The minimum Gasteiger partial charge on any atom is -0.464 e. The number of rotatable bonds is 4. The molecule has 0 saturated carbocycles. The molecular weight excluding hydrogens is 320 g/mol. The number of esters is 1. The van der Waals surface area contributed by atoms with E-state index in [4.69, 9.17) is 4.74 Å². The maximum absolute atomic E-state index is 12.6. The third-order valence-electron chi connectivity index (χ3n) is 4.92. The number of hydrogen-bond donors (Lipinski definition) is 1. The second-order valence-corrected chi connectivity index (χ2v) is 6.59. The maximum Gasteiger partial charge on any atom is 0.338 e. The van der Waals surface area contributed by atoms with Gasteiger partial charge in [0.15, 0.2) is 5.60 Å². The molecule has 2 aromatic rings. The standard InChI is InChI=1S/C19H24N2O4/c1-3-25-18(23)19(24)8-10-21(11-9-19)17(22)12-14-13-20(2)16-7-5-4-6-15(14)16/h4-7,13,24H,3,8-12H2,1-2H3. The van der Waals surface area contributed by atoms with Crippen molar-refractivity contribution in [1.82, 2.24) is 9.47 Å². The Morgan fingerprint density at radius 1 is 1.24 bits per heavy atom. The van der Waals surface area contributed by atoms with Crippen LogP contribution in [0, 0.1) is 0 Å². The normalized spacial score (nSPS) is 16.8. The lowest BCUT2D eigenvalue weighted by atomic mass is 9.91. The summed E-state index contributed by atoms with van der Waals surface area (Å²) >= 11 is 0. The highest BCUT2D eigenvalue weighted by Gasteiger charge is 2.41. The van der Waals surface area contributed by atoms with Gasteiger partial charge in [-0.15, -0.1) is 0 Å². The van der Waals surface area contributed by atoms with Gasteiger partial charge in [0.25, 0.3) is 0 Å². The van der Waals surface area contributed by atoms with Crippen LogP contribution >= 0.6 is 0 Å². The van der Waals surface area contributed by atoms with Gasteiger partial charge in [-0.1, -0.05) is 18.2 Å². The molecule has 0 radical (unpaired) electrons. The van der Waals surface area contributed by atoms with E-state index in [-0.39, 0.29) is 25.4 Å². The van der Waals surface area contributed by atoms with Gasteiger partial charge in [-0.3, -0.25) is 4.79 Å². The quantitative estimate of drug-likeness (QED) is 0.856. The Labute approximate surface area is 147 Å². The van der Waals surface area contributed by atoms with Crippen LogP contribution in [0.15, 0.2) is 30.5 Å². The molecule has 1 amide bonds. The number of amides is 1. The van der Waals surface area contributed by atoms with Crippen LogP contribution in [0.1, 0.15) is 25.3 Å². The fourth-order valence-corrected chi connectivity index (χ4v) is 3.44. The van der Waals surface area contributed by atoms with Crippen molar-refractivity contribution in [2.24, 2.45) is 7.05 Å². The summed E-state index contributed by atoms with van der Waals surface area (Å²) in [5, 5.41) is 11.5. The van der Waals surface area contributed by atoms with Gasteiger partial charge < -0.3 is 19.3 Å². The average Bonchev–Trinajstić information content (AvgIpc) is 2.92. The summed E-state index contributed by atoms with van der Waals surface area (Å²) in [6.07, 6.45) is 2.74. The first-order valence-corrected chi connectivity index (χ1v) is 8.65. The lowest BCUT2D eigenvalue weighted by molar-refractivity contribution is -0.171. The predicted octanol–water partition coefficient (Wildman–Crippen LogP) is 1.64. The molecule has 1 aromatic heterocycles. The maximum atomic E-state index is 12.6. The van der Waals surface area contributed by atoms with Crippen LogP contribution in [0.3, 0.4) is 0 Å². The lowest BCUT2D eigenvalue weighted by Crippen LogP contribution is -2.51. The summed E-state index contributed by atoms with van der Waals surface area (Å²) in [7, 11) is 1.97. The van der Waals surface area contributed by atoms with Gasteiger partial charge in [0.1, 0.15) is 0 Å². The van der Waals surface area contributed by atoms with Crippen molar-refractivity contribution in [1.29, 1.82) is 0 Å². The van der Waals surface area contributed by atoms with E-state index in [1.165, 1.54) is 0 Å². The molecule has 1 aliphatic rings. The summed E-state index contributed by atoms with van der Waals surface area (Å²) in [5.74, 6) is -0.571. The first-order valence-electron chi connectivity index (χ1n) is 8.65. The molecule has 0 unspecified atom stereocenters. The van der Waals surface area contributed by atoms with Crippen molar-refractivity contribution in [3.05, 3.63) is 36.0 Å². The topological polar surface area (TPSA) is 71.8 Å². The molecule has 1 fully saturated rings. The van der Waals surface area contributed by atoms with Crippen molar-refractivity contribution in [3.8, 4) is 0 Å². The van der Waals surface area contributed by atoms with Crippen molar-refractivity contribution in [3.63, 3.8) is 0 Å². The first-order chi connectivity index (χ1) is 11.9. The number of hydrogen-bond acceptors (Lipinski definition) is 4. The molecule has 0 aliphatic carbocycles. The van der Waals surface area contributed by atoms with E-state index >= 15 is 0 Å². The molecule has 6 nitrogen and oxygen atoms in total. The zero-order valence-electron chi connectivity index (χ0n) is 14.7. The number of carbonyl (C=O) groups is 2. The van der Waals surface area contributed by atoms with Crippen LogP contribution in [-0.2, 0) is 27.8 Å². The second kappa shape index (κ2) is 6.88. The van der Waals surface area contributed by atoms with Crippen LogP contribution in [0.25, 0.3) is 10.9 Å². The number of nitrogens with zero attached hydrogens (tertiary/aromatic N) is 2. The predicted molar refractivity (Wildman–Crippen MR) is 94.0 cm³/mol. The fourth-order valence-electron chi connectivity index (χ4n) is 3.44. The van der Waals surface area contributed by atoms with Gasteiger partial charge in [0.2, 0.25) is 5.91 Å². The van der Waals surface area contributed by atoms with Crippen LogP contribution < -0.4 is 0 Å². The number of para-hydroxylation sites is 1. The van der Waals surface area contributed by atoms with E-state index in [0.717, 1.165) is 16.5 Å². The number of fused-ring (bicyclic) bond motifs is 1. The Morgan fingerprint density at radius 3 is 2.60 bits per heavy atom. The molecule has 134 valence electrons. The number of piperidine rings is 1. The second-order valence-electron chi connectivity index (χ2n) is 6.59. The van der Waals surface area contributed by atoms with Crippen LogP contribution in [0.2, 0.25) is 0 Å². The fraction of sp³-hybridized carbons (Fsp3) is 0.474. The SMILES string of the molecule is CCOC(=O)C1(O)CCN(C(=O)Cc2cn(C)c3ccccc23)CC1. The molecular formula is C19H24N2O4. The summed E-state index contributed by atoms with van der Waals surface area (Å²) in [5.41, 5.74) is 0.627. The summed E-state index contributed by atoms with van der Waals surface area (Å²) in [6, 6.07) is 8.00. The number of ether oxygens (including phenoxy) is 1. The van der Waals surface area contributed by atoms with Crippen molar-refractivity contribution in [2.45, 2.75) is 31.8 Å². The Balaban J connectivity index is 1.66. The van der Waals surface area contributed by atoms with Crippen molar-refractivity contribution >= 4 is 22.8 Å². The van der Waals surface area contributed by atoms with Gasteiger partial charge >= 0.3 is 5.97 Å². The molecule has 0 bridgehead atoms. The third-order valence-corrected chi connectivity index (χ3v) is 4.92. The van der Waals surface area contributed by atoms with Gasteiger partial charge in [-0.2, -0.15) is 0 Å². The molecule has 1 aliphatic heterocycles. The van der Waals surface area contributed by atoms with E-state index < -0.39 is 11.6 Å². The molecule has 25 heavy (non-hydrogen) atoms. The Kier molecular flexibility index (Phi) is 4.81. The molecule has 1 N–H and O–H groups in total. The Bertz CT molecular complexity index is 788. The zero-order chi connectivity index (χ0) is 18.0. The Hall–Kier alpha value is -2.34. The number of aryl methyl sites for hydroxylation is 1. The van der Waals surface area contributed by atoms with Gasteiger partial charge in [0, 0.05) is 50.1 Å². The molecule has 3 rings (SSSR count). The van der Waals surface area contributed by atoms with Gasteiger partial charge in [-0.25, -0.2) is 4.79 Å². The molecule has 0 spiro atoms. The highest BCUT2D eigenvalue weighted by atomic mass is 16.5. The van der Waals surface area contributed by atoms with E-state index in [1.807, 2.05) is 42.1 Å². The third kappa shape index (κ3) is 3.39. The molecule has 1 saturated heterocycles. The van der Waals surface area contributed by atoms with Crippen molar-refractivity contribution in [2.75, 3.05) is 19.7 Å². The molecule has 0 atom stereocenters. The van der Waals surface area contributed by atoms with Crippen molar-refractivity contribution < 1.29 is 19.4 Å². The Morgan fingerprint density at radius 2 is 1.92 bits per heavy atom. The minimum atomic E-state index is -1.47. The summed E-state index contributed by atoms with van der Waals surface area (Å²) in [6.45, 7) is 2.67. The van der Waals surface area contributed by atoms with Crippen LogP contribution in [0.4, 0.5) is 0 Å².